The van der Waals surface area contributed by atoms with Crippen molar-refractivity contribution in [2.45, 2.75) is 0 Å². The first-order valence-electron chi connectivity index (χ1n) is 6.71. The summed E-state index contributed by atoms with van der Waals surface area (Å²) in [7, 11) is 3.14. The highest BCUT2D eigenvalue weighted by Crippen LogP contribution is 2.36. The number of phenolic OH excluding ortho intramolecular Hbond substituents is 1. The smallest absolute Gasteiger partial charge is 0.255 e. The molecule has 5 heteroatoms. The molecule has 112 valence electrons. The number of ether oxygens (including phenoxy) is 2. The lowest BCUT2D eigenvalue weighted by atomic mass is 9.99. The number of methoxy groups -OCH3 is 2. The van der Waals surface area contributed by atoms with Crippen LogP contribution >= 0.6 is 0 Å². The summed E-state index contributed by atoms with van der Waals surface area (Å²) < 4.78 is 10.5. The van der Waals surface area contributed by atoms with Crippen molar-refractivity contribution in [3.8, 4) is 28.4 Å². The highest BCUT2D eigenvalue weighted by atomic mass is 16.5. The number of nitrogens with one attached hydrogen (secondary N) is 1. The summed E-state index contributed by atoms with van der Waals surface area (Å²) in [6.45, 7) is 0. The topological polar surface area (TPSA) is 71.5 Å². The van der Waals surface area contributed by atoms with Gasteiger partial charge in [-0.25, -0.2) is 0 Å². The normalized spacial score (nSPS) is 10.6. The van der Waals surface area contributed by atoms with E-state index in [9.17, 15) is 9.90 Å². The van der Waals surface area contributed by atoms with Crippen LogP contribution < -0.4 is 15.0 Å². The zero-order chi connectivity index (χ0) is 15.7. The lowest BCUT2D eigenvalue weighted by Crippen LogP contribution is -2.05. The third kappa shape index (κ3) is 2.26. The highest BCUT2D eigenvalue weighted by Gasteiger charge is 2.12. The number of H-pyrrole nitrogens is 1. The molecule has 0 unspecified atom stereocenters. The van der Waals surface area contributed by atoms with Gasteiger partial charge in [0.2, 0.25) is 0 Å². The van der Waals surface area contributed by atoms with Crippen molar-refractivity contribution >= 4 is 10.8 Å². The Kier molecular flexibility index (Phi) is 3.47. The van der Waals surface area contributed by atoms with Gasteiger partial charge in [-0.05, 0) is 29.8 Å². The van der Waals surface area contributed by atoms with Crippen LogP contribution in [0.2, 0.25) is 0 Å². The third-order valence-electron chi connectivity index (χ3n) is 3.57. The SMILES string of the molecule is COc1cc(OC)cc(-c2c[nH]c(=O)c3cccc(O)c23)c1. The van der Waals surface area contributed by atoms with E-state index < -0.39 is 0 Å². The van der Waals surface area contributed by atoms with E-state index >= 15 is 0 Å². The number of pyridine rings is 1. The number of fused-ring (bicyclic) bond motifs is 1. The van der Waals surface area contributed by atoms with Gasteiger partial charge in [-0.15, -0.1) is 0 Å². The van der Waals surface area contributed by atoms with Crippen molar-refractivity contribution in [3.63, 3.8) is 0 Å². The maximum atomic E-state index is 11.9. The quantitative estimate of drug-likeness (QED) is 0.779. The van der Waals surface area contributed by atoms with Crippen LogP contribution in [0.1, 0.15) is 0 Å². The average molecular weight is 297 g/mol. The zero-order valence-electron chi connectivity index (χ0n) is 12.2. The number of hydrogen-bond donors (Lipinski definition) is 2. The van der Waals surface area contributed by atoms with Gasteiger partial charge in [-0.3, -0.25) is 4.79 Å². The molecule has 1 aromatic heterocycles. The number of aromatic nitrogens is 1. The lowest BCUT2D eigenvalue weighted by Gasteiger charge is -2.11. The van der Waals surface area contributed by atoms with Gasteiger partial charge in [0, 0.05) is 23.2 Å². The molecule has 2 N–H and O–H groups in total. The molecule has 2 aromatic carbocycles. The van der Waals surface area contributed by atoms with Gasteiger partial charge in [-0.2, -0.15) is 0 Å². The lowest BCUT2D eigenvalue weighted by molar-refractivity contribution is 0.394. The number of aromatic hydroxyl groups is 1. The first-order valence-corrected chi connectivity index (χ1v) is 6.71. The van der Waals surface area contributed by atoms with E-state index in [0.29, 0.717) is 27.8 Å². The molecule has 0 bridgehead atoms. The van der Waals surface area contributed by atoms with Crippen molar-refractivity contribution in [1.29, 1.82) is 0 Å². The molecular formula is C17H15NO4. The summed E-state index contributed by atoms with van der Waals surface area (Å²) in [5.41, 5.74) is 1.23. The minimum absolute atomic E-state index is 0.0559. The third-order valence-corrected chi connectivity index (χ3v) is 3.57. The Morgan fingerprint density at radius 1 is 1.05 bits per heavy atom. The molecule has 5 nitrogen and oxygen atoms in total. The van der Waals surface area contributed by atoms with Crippen LogP contribution in [0.15, 0.2) is 47.4 Å². The predicted molar refractivity (Wildman–Crippen MR) is 84.8 cm³/mol. The number of aromatic amines is 1. The van der Waals surface area contributed by atoms with Gasteiger partial charge in [-0.1, -0.05) is 6.07 Å². The molecular weight excluding hydrogens is 282 g/mol. The second-order valence-corrected chi connectivity index (χ2v) is 4.83. The summed E-state index contributed by atoms with van der Waals surface area (Å²) in [4.78, 5) is 14.6. The zero-order valence-corrected chi connectivity index (χ0v) is 12.2. The summed E-state index contributed by atoms with van der Waals surface area (Å²) >= 11 is 0. The first-order chi connectivity index (χ1) is 10.6. The van der Waals surface area contributed by atoms with E-state index in [-0.39, 0.29) is 11.3 Å². The number of rotatable bonds is 3. The highest BCUT2D eigenvalue weighted by molar-refractivity contribution is 6.00. The Morgan fingerprint density at radius 3 is 2.36 bits per heavy atom. The van der Waals surface area contributed by atoms with Crippen molar-refractivity contribution in [2.24, 2.45) is 0 Å². The summed E-state index contributed by atoms with van der Waals surface area (Å²) in [6, 6.07) is 10.3. The number of phenols is 1. The molecule has 3 aromatic rings. The van der Waals surface area contributed by atoms with Gasteiger partial charge in [0.1, 0.15) is 17.2 Å². The second kappa shape index (κ2) is 5.44. The first kappa shape index (κ1) is 14.0. The predicted octanol–water partition coefficient (Wildman–Crippen LogP) is 2.92. The standard InChI is InChI=1S/C17H15NO4/c1-21-11-6-10(7-12(8-11)22-2)14-9-18-17(20)13-4-3-5-15(19)16(13)14/h3-9,19H,1-2H3,(H,18,20). The van der Waals surface area contributed by atoms with Crippen LogP contribution in [0.4, 0.5) is 0 Å². The van der Waals surface area contributed by atoms with E-state index in [1.807, 2.05) is 12.1 Å². The fraction of sp³-hybridized carbons (Fsp3) is 0.118. The van der Waals surface area contributed by atoms with E-state index in [2.05, 4.69) is 4.98 Å². The molecule has 0 aliphatic carbocycles. The Hall–Kier alpha value is -2.95. The van der Waals surface area contributed by atoms with Crippen molar-refractivity contribution in [1.82, 2.24) is 4.98 Å². The molecule has 0 amide bonds. The van der Waals surface area contributed by atoms with E-state index in [4.69, 9.17) is 9.47 Å². The van der Waals surface area contributed by atoms with E-state index in [1.165, 1.54) is 0 Å². The Morgan fingerprint density at radius 2 is 1.73 bits per heavy atom. The van der Waals surface area contributed by atoms with Crippen LogP contribution in [0.3, 0.4) is 0 Å². The Balaban J connectivity index is 2.36. The van der Waals surface area contributed by atoms with Crippen molar-refractivity contribution in [2.75, 3.05) is 14.2 Å². The summed E-state index contributed by atoms with van der Waals surface area (Å²) in [5.74, 6) is 1.31. The molecule has 0 aliphatic heterocycles. The Bertz CT molecular complexity index is 877. The van der Waals surface area contributed by atoms with Gasteiger partial charge in [0.05, 0.1) is 19.6 Å². The van der Waals surface area contributed by atoms with E-state index in [0.717, 1.165) is 5.56 Å². The molecule has 0 fully saturated rings. The van der Waals surface area contributed by atoms with Crippen LogP contribution in [-0.2, 0) is 0 Å². The molecule has 0 atom stereocenters. The Labute approximate surface area is 126 Å². The average Bonchev–Trinajstić information content (AvgIpc) is 2.55. The monoisotopic (exact) mass is 297 g/mol. The molecule has 0 radical (unpaired) electrons. The molecule has 0 saturated heterocycles. The molecule has 22 heavy (non-hydrogen) atoms. The van der Waals surface area contributed by atoms with Gasteiger partial charge < -0.3 is 19.6 Å². The summed E-state index contributed by atoms with van der Waals surface area (Å²) in [6.07, 6.45) is 1.58. The minimum atomic E-state index is -0.246. The molecule has 1 heterocycles. The molecule has 0 aliphatic rings. The molecule has 0 spiro atoms. The van der Waals surface area contributed by atoms with Crippen LogP contribution in [-0.4, -0.2) is 24.3 Å². The van der Waals surface area contributed by atoms with Crippen molar-refractivity contribution in [3.05, 3.63) is 52.9 Å². The summed E-state index contributed by atoms with van der Waals surface area (Å²) in [5, 5.41) is 11.1. The van der Waals surface area contributed by atoms with Crippen LogP contribution in [0, 0.1) is 0 Å². The number of hydrogen-bond acceptors (Lipinski definition) is 4. The fourth-order valence-corrected chi connectivity index (χ4v) is 2.49. The van der Waals surface area contributed by atoms with Crippen LogP contribution in [0.5, 0.6) is 17.2 Å². The van der Waals surface area contributed by atoms with Gasteiger partial charge >= 0.3 is 0 Å². The molecule has 3 rings (SSSR count). The minimum Gasteiger partial charge on any atom is -0.507 e. The van der Waals surface area contributed by atoms with Crippen LogP contribution in [0.25, 0.3) is 21.9 Å². The number of benzene rings is 2. The van der Waals surface area contributed by atoms with Gasteiger partial charge in [0.15, 0.2) is 0 Å². The second-order valence-electron chi connectivity index (χ2n) is 4.83. The van der Waals surface area contributed by atoms with Crippen molar-refractivity contribution < 1.29 is 14.6 Å². The largest absolute Gasteiger partial charge is 0.507 e. The maximum absolute atomic E-state index is 11.9. The molecule has 0 saturated carbocycles. The fourth-order valence-electron chi connectivity index (χ4n) is 2.49. The van der Waals surface area contributed by atoms with E-state index in [1.54, 1.807) is 44.7 Å². The van der Waals surface area contributed by atoms with Gasteiger partial charge in [0.25, 0.3) is 5.56 Å². The maximum Gasteiger partial charge on any atom is 0.255 e.